The molecule has 0 bridgehead atoms. The van der Waals surface area contributed by atoms with E-state index in [0.717, 1.165) is 0 Å². The number of hydrogen-bond donors (Lipinski definition) is 0. The quantitative estimate of drug-likeness (QED) is 0.387. The third-order valence-corrected chi connectivity index (χ3v) is 0. The van der Waals surface area contributed by atoms with Crippen molar-refractivity contribution in [3.05, 3.63) is 0 Å². The van der Waals surface area contributed by atoms with Gasteiger partial charge in [0, 0.05) is 0 Å². The first-order valence-electron chi connectivity index (χ1n) is 0. The standard InChI is InChI=1S/3ClH.3H2O.Ru/h3*1H;3*1H2;/q;;;;;;+2/p-3. The van der Waals surface area contributed by atoms with Crippen LogP contribution in [-0.2, 0) is 19.5 Å². The molecule has 0 rings (SSSR count). The average Bonchev–Trinajstić information content (AvgIpc) is 0. The number of rotatable bonds is 0. The van der Waals surface area contributed by atoms with Crippen LogP contribution in [0.1, 0.15) is 0 Å². The van der Waals surface area contributed by atoms with E-state index in [1.54, 1.807) is 0 Å². The minimum absolute atomic E-state index is 0. The minimum atomic E-state index is 0. The topological polar surface area (TPSA) is 94.5 Å². The first-order chi connectivity index (χ1) is 0. The Kier molecular flexibility index (Phi) is 5470. The molecule has 0 amide bonds. The van der Waals surface area contributed by atoms with E-state index in [1.165, 1.54) is 0 Å². The monoisotopic (exact) mass is 261 g/mol. The molecule has 0 aromatic carbocycles. The van der Waals surface area contributed by atoms with Gasteiger partial charge in [-0.15, -0.1) is 0 Å². The van der Waals surface area contributed by atoms with E-state index in [2.05, 4.69) is 0 Å². The molecule has 0 radical (unpaired) electrons. The van der Waals surface area contributed by atoms with Crippen LogP contribution in [0.3, 0.4) is 0 Å². The second-order valence-corrected chi connectivity index (χ2v) is 0. The van der Waals surface area contributed by atoms with Gasteiger partial charge in [0.15, 0.2) is 0 Å². The molecule has 0 unspecified atom stereocenters. The Hall–Kier alpha value is 1.37. The van der Waals surface area contributed by atoms with E-state index >= 15 is 0 Å². The van der Waals surface area contributed by atoms with Gasteiger partial charge in [-0.2, -0.15) is 0 Å². The molecule has 7 heavy (non-hydrogen) atoms. The maximum Gasteiger partial charge on any atom is 2.00 e. The van der Waals surface area contributed by atoms with Crippen LogP contribution in [0.25, 0.3) is 0 Å². The fourth-order valence-electron chi connectivity index (χ4n) is 0. The minimum Gasteiger partial charge on any atom is -1.00 e. The third-order valence-electron chi connectivity index (χ3n) is 0. The molecule has 0 aliphatic heterocycles. The summed E-state index contributed by atoms with van der Waals surface area (Å²) in [7, 11) is 0. The Bertz CT molecular complexity index is 10.1. The van der Waals surface area contributed by atoms with Crippen LogP contribution in [0.5, 0.6) is 0 Å². The predicted molar refractivity (Wildman–Crippen MR) is 10.8 cm³/mol. The summed E-state index contributed by atoms with van der Waals surface area (Å²) in [5, 5.41) is 0. The van der Waals surface area contributed by atoms with Crippen molar-refractivity contribution in [2.45, 2.75) is 0 Å². The van der Waals surface area contributed by atoms with Gasteiger partial charge in [-0.05, 0) is 0 Å². The summed E-state index contributed by atoms with van der Waals surface area (Å²) in [4.78, 5) is 0. The zero-order valence-electron chi connectivity index (χ0n) is 2.99. The van der Waals surface area contributed by atoms with Gasteiger partial charge in [0.1, 0.15) is 0 Å². The summed E-state index contributed by atoms with van der Waals surface area (Å²) >= 11 is 0. The molecule has 0 heterocycles. The van der Waals surface area contributed by atoms with Crippen molar-refractivity contribution in [2.75, 3.05) is 0 Å². The van der Waals surface area contributed by atoms with Crippen molar-refractivity contribution in [1.82, 2.24) is 0 Å². The maximum atomic E-state index is 0. The Morgan fingerprint density at radius 3 is 0.429 bits per heavy atom. The summed E-state index contributed by atoms with van der Waals surface area (Å²) in [5.41, 5.74) is 0. The van der Waals surface area contributed by atoms with Crippen LogP contribution in [0.2, 0.25) is 0 Å². The number of hydrogen-bond acceptors (Lipinski definition) is 0. The van der Waals surface area contributed by atoms with Crippen molar-refractivity contribution in [1.29, 1.82) is 0 Å². The summed E-state index contributed by atoms with van der Waals surface area (Å²) < 4.78 is 0. The molecule has 0 atom stereocenters. The second-order valence-electron chi connectivity index (χ2n) is 0. The zero-order chi connectivity index (χ0) is 0. The summed E-state index contributed by atoms with van der Waals surface area (Å²) in [6.07, 6.45) is 0. The van der Waals surface area contributed by atoms with Crippen molar-refractivity contribution >= 4 is 0 Å². The van der Waals surface area contributed by atoms with Gasteiger partial charge in [-0.1, -0.05) is 0 Å². The second kappa shape index (κ2) is 159. The van der Waals surface area contributed by atoms with Gasteiger partial charge >= 0.3 is 19.5 Å². The molecular formula is H6Cl3O3Ru-. The van der Waals surface area contributed by atoms with Gasteiger partial charge in [0.05, 0.1) is 0 Å². The van der Waals surface area contributed by atoms with Crippen molar-refractivity contribution in [3.63, 3.8) is 0 Å². The molecule has 0 saturated heterocycles. The van der Waals surface area contributed by atoms with Crippen LogP contribution < -0.4 is 37.2 Å². The van der Waals surface area contributed by atoms with Crippen molar-refractivity contribution in [3.8, 4) is 0 Å². The molecule has 0 saturated carbocycles. The normalized spacial score (nSPS) is 0. The van der Waals surface area contributed by atoms with E-state index in [-0.39, 0.29) is 73.1 Å². The van der Waals surface area contributed by atoms with Gasteiger partial charge in [0.2, 0.25) is 0 Å². The number of halogens is 3. The van der Waals surface area contributed by atoms with Crippen LogP contribution in [0, 0.1) is 0 Å². The maximum absolute atomic E-state index is 0. The van der Waals surface area contributed by atoms with Crippen LogP contribution in [-0.4, -0.2) is 16.4 Å². The fraction of sp³-hybridized carbons (Fsp3) is 0. The molecule has 7 heteroatoms. The molecule has 54 valence electrons. The van der Waals surface area contributed by atoms with Crippen LogP contribution in [0.15, 0.2) is 0 Å². The first-order valence-corrected chi connectivity index (χ1v) is 0. The Labute approximate surface area is 73.2 Å². The van der Waals surface area contributed by atoms with Gasteiger partial charge < -0.3 is 53.6 Å². The summed E-state index contributed by atoms with van der Waals surface area (Å²) in [6, 6.07) is 0. The molecule has 0 aliphatic carbocycles. The Balaban J connectivity index is 0. The molecule has 0 fully saturated rings. The van der Waals surface area contributed by atoms with Crippen LogP contribution >= 0.6 is 0 Å². The van der Waals surface area contributed by atoms with Gasteiger partial charge in [0.25, 0.3) is 0 Å². The van der Waals surface area contributed by atoms with E-state index in [4.69, 9.17) is 0 Å². The van der Waals surface area contributed by atoms with Gasteiger partial charge in [-0.3, -0.25) is 0 Å². The van der Waals surface area contributed by atoms with E-state index < -0.39 is 0 Å². The Morgan fingerprint density at radius 1 is 0.429 bits per heavy atom. The predicted octanol–water partition coefficient (Wildman–Crippen LogP) is -11.5. The van der Waals surface area contributed by atoms with Crippen LogP contribution in [0.4, 0.5) is 0 Å². The molecule has 0 spiro atoms. The first kappa shape index (κ1) is 241. The van der Waals surface area contributed by atoms with E-state index in [0.29, 0.717) is 0 Å². The van der Waals surface area contributed by atoms with Crippen molar-refractivity contribution in [2.24, 2.45) is 0 Å². The molecular weight excluding hydrogens is 255 g/mol. The zero-order valence-corrected chi connectivity index (χ0v) is 6.99. The van der Waals surface area contributed by atoms with E-state index in [1.807, 2.05) is 0 Å². The Morgan fingerprint density at radius 2 is 0.429 bits per heavy atom. The molecule has 0 aromatic rings. The molecule has 6 N–H and O–H groups in total. The molecule has 0 aliphatic rings. The summed E-state index contributed by atoms with van der Waals surface area (Å²) in [5.74, 6) is 0. The summed E-state index contributed by atoms with van der Waals surface area (Å²) in [6.45, 7) is 0. The van der Waals surface area contributed by atoms with Gasteiger partial charge in [-0.25, -0.2) is 0 Å². The SMILES string of the molecule is O.O.O.[Cl-].[Cl-].[Cl-].[Ru+2]. The van der Waals surface area contributed by atoms with E-state index in [9.17, 15) is 0 Å². The molecule has 3 nitrogen and oxygen atoms in total. The largest absolute Gasteiger partial charge is 2.00 e. The van der Waals surface area contributed by atoms with Crippen molar-refractivity contribution < 1.29 is 73.1 Å². The molecule has 0 aromatic heterocycles. The third kappa shape index (κ3) is 113. The average molecular weight is 261 g/mol. The fourth-order valence-corrected chi connectivity index (χ4v) is 0. The smallest absolute Gasteiger partial charge is 1.00 e.